The Labute approximate surface area is 110 Å². The molecule has 0 radical (unpaired) electrons. The summed E-state index contributed by atoms with van der Waals surface area (Å²) in [6.45, 7) is 12.6. The molecule has 6 heteroatoms. The molecule has 0 saturated carbocycles. The topological polar surface area (TPSA) is 53.0 Å². The summed E-state index contributed by atoms with van der Waals surface area (Å²) in [5, 5.41) is 3.84. The summed E-state index contributed by atoms with van der Waals surface area (Å²) in [7, 11) is -4.79. The minimum atomic E-state index is -2.87. The molecule has 3 nitrogen and oxygen atoms in total. The Morgan fingerprint density at radius 1 is 1.35 bits per heavy atom. The number of aryl methyl sites for hydroxylation is 1. The van der Waals surface area contributed by atoms with Gasteiger partial charge in [0.1, 0.15) is 18.2 Å². The molecule has 1 aromatic heterocycles. The molecule has 0 spiro atoms. The third-order valence-corrected chi connectivity index (χ3v) is 12.4. The maximum Gasteiger partial charge on any atom is 0.140 e. The molecule has 0 aliphatic carbocycles. The van der Waals surface area contributed by atoms with Gasteiger partial charge in [-0.15, -0.1) is 0 Å². The van der Waals surface area contributed by atoms with E-state index in [0.29, 0.717) is 4.90 Å². The van der Waals surface area contributed by atoms with Crippen LogP contribution in [0, 0.1) is 11.7 Å². The first-order valence-corrected chi connectivity index (χ1v) is 11.1. The van der Waals surface area contributed by atoms with E-state index in [-0.39, 0.29) is 5.04 Å². The Morgan fingerprint density at radius 2 is 1.88 bits per heavy atom. The highest BCUT2D eigenvalue weighted by Crippen LogP contribution is 2.35. The fourth-order valence-electron chi connectivity index (χ4n) is 1.21. The molecule has 98 valence electrons. The van der Waals surface area contributed by atoms with Crippen molar-refractivity contribution in [2.75, 3.05) is 0 Å². The van der Waals surface area contributed by atoms with E-state index in [1.54, 1.807) is 0 Å². The Balaban J connectivity index is 3.08. The lowest BCUT2D eigenvalue weighted by Gasteiger charge is -2.37. The molecule has 1 aromatic rings. The summed E-state index contributed by atoms with van der Waals surface area (Å²) < 4.78 is 23.8. The highest BCUT2D eigenvalue weighted by Gasteiger charge is 2.38. The lowest BCUT2D eigenvalue weighted by molar-refractivity contribution is 0.664. The van der Waals surface area contributed by atoms with Crippen molar-refractivity contribution in [3.63, 3.8) is 0 Å². The summed E-state index contributed by atoms with van der Waals surface area (Å²) >= 11 is 1.50. The van der Waals surface area contributed by atoms with Gasteiger partial charge in [-0.3, -0.25) is 0 Å². The average Bonchev–Trinajstić information content (AvgIpc) is 2.47. The lowest BCUT2D eigenvalue weighted by Crippen LogP contribution is -2.54. The number of thiophene rings is 1. The summed E-state index contributed by atoms with van der Waals surface area (Å²) in [5.74, 6) is 0. The molecule has 0 aromatic carbocycles. The van der Waals surface area contributed by atoms with E-state index in [0.717, 1.165) is 5.56 Å². The van der Waals surface area contributed by atoms with Gasteiger partial charge in [0.05, 0.1) is 4.90 Å². The van der Waals surface area contributed by atoms with Gasteiger partial charge in [0.25, 0.3) is 0 Å². The van der Waals surface area contributed by atoms with Crippen molar-refractivity contribution in [2.45, 2.75) is 50.7 Å². The second-order valence-corrected chi connectivity index (χ2v) is 13.8. The third kappa shape index (κ3) is 3.18. The van der Waals surface area contributed by atoms with Crippen molar-refractivity contribution in [3.05, 3.63) is 16.3 Å². The smallest absolute Gasteiger partial charge is 0.140 e. The third-order valence-electron chi connectivity index (χ3n) is 3.39. The average molecular weight is 291 g/mol. The lowest BCUT2D eigenvalue weighted by atomic mass is 10.2. The number of rotatable bonds is 3. The van der Waals surface area contributed by atoms with Crippen LogP contribution in [0.1, 0.15) is 26.3 Å². The second-order valence-electron chi connectivity index (χ2n) is 5.95. The number of hydrogen-bond acceptors (Lipinski definition) is 3. The van der Waals surface area contributed by atoms with Gasteiger partial charge < -0.3 is 0 Å². The zero-order valence-corrected chi connectivity index (χ0v) is 14.0. The molecular weight excluding hydrogens is 268 g/mol. The summed E-state index contributed by atoms with van der Waals surface area (Å²) in [5.41, 5.74) is 0.946. The van der Waals surface area contributed by atoms with Gasteiger partial charge in [-0.05, 0) is 22.9 Å². The van der Waals surface area contributed by atoms with Crippen LogP contribution < -0.4 is 4.39 Å². The molecule has 1 unspecified atom stereocenters. The van der Waals surface area contributed by atoms with Crippen LogP contribution in [0.3, 0.4) is 0 Å². The van der Waals surface area contributed by atoms with Gasteiger partial charge in [-0.1, -0.05) is 33.9 Å². The molecule has 1 atom stereocenters. The van der Waals surface area contributed by atoms with Gasteiger partial charge in [0, 0.05) is 5.38 Å². The predicted octanol–water partition coefficient (Wildman–Crippen LogP) is 3.97. The fraction of sp³-hybridized carbons (Fsp3) is 0.636. The van der Waals surface area contributed by atoms with E-state index >= 15 is 0 Å². The minimum Gasteiger partial charge on any atom is -0.249 e. The van der Waals surface area contributed by atoms with Crippen LogP contribution in [-0.2, 0) is 9.92 Å². The maximum atomic E-state index is 12.5. The normalized spacial score (nSPS) is 16.8. The Bertz CT molecular complexity index is 498. The van der Waals surface area contributed by atoms with Crippen molar-refractivity contribution >= 4 is 29.5 Å². The van der Waals surface area contributed by atoms with Crippen molar-refractivity contribution in [3.8, 4) is 0 Å². The SMILES string of the molecule is Cc1cscc1S(=N)(=O)N[Si](C)(C)C(C)(C)C. The molecule has 2 N–H and O–H groups in total. The van der Waals surface area contributed by atoms with Gasteiger partial charge in [0.2, 0.25) is 0 Å². The molecular formula is C11H22N2OS2Si. The zero-order chi connectivity index (χ0) is 13.5. The standard InChI is InChI=1S/C11H22N2OS2Si/c1-9-7-15-8-10(9)16(12,14)13-17(5,6)11(2,3)4/h7-8H,1-6H3,(H2,12,13,14). The van der Waals surface area contributed by atoms with Crippen molar-refractivity contribution < 1.29 is 4.21 Å². The molecule has 0 saturated heterocycles. The van der Waals surface area contributed by atoms with Crippen LogP contribution >= 0.6 is 11.3 Å². The summed E-state index contributed by atoms with van der Waals surface area (Å²) in [4.78, 5) is 0.646. The quantitative estimate of drug-likeness (QED) is 0.813. The Hall–Kier alpha value is -0.173. The summed E-state index contributed by atoms with van der Waals surface area (Å²) in [6, 6.07) is 0. The second kappa shape index (κ2) is 4.49. The molecule has 17 heavy (non-hydrogen) atoms. The van der Waals surface area contributed by atoms with Crippen LogP contribution in [0.15, 0.2) is 15.7 Å². The fourth-order valence-corrected chi connectivity index (χ4v) is 7.75. The van der Waals surface area contributed by atoms with E-state index in [2.05, 4.69) is 38.3 Å². The van der Waals surface area contributed by atoms with E-state index in [1.807, 2.05) is 17.7 Å². The first kappa shape index (κ1) is 14.9. The highest BCUT2D eigenvalue weighted by atomic mass is 32.2. The Kier molecular flexibility index (Phi) is 3.93. The first-order chi connectivity index (χ1) is 7.47. The molecule has 1 rings (SSSR count). The number of nitrogens with one attached hydrogen (secondary N) is 2. The zero-order valence-electron chi connectivity index (χ0n) is 11.4. The van der Waals surface area contributed by atoms with E-state index in [4.69, 9.17) is 4.78 Å². The minimum absolute atomic E-state index is 0.0701. The van der Waals surface area contributed by atoms with Gasteiger partial charge in [0.15, 0.2) is 0 Å². The van der Waals surface area contributed by atoms with E-state index < -0.39 is 18.2 Å². The first-order valence-electron chi connectivity index (χ1n) is 5.58. The highest BCUT2D eigenvalue weighted by molar-refractivity contribution is 7.92. The molecule has 0 aliphatic rings. The molecule has 0 fully saturated rings. The van der Waals surface area contributed by atoms with Crippen LogP contribution in [0.5, 0.6) is 0 Å². The van der Waals surface area contributed by atoms with Crippen LogP contribution in [0.4, 0.5) is 0 Å². The van der Waals surface area contributed by atoms with Gasteiger partial charge in [-0.2, -0.15) is 11.3 Å². The monoisotopic (exact) mass is 290 g/mol. The van der Waals surface area contributed by atoms with Crippen LogP contribution in [-0.4, -0.2) is 12.4 Å². The van der Waals surface area contributed by atoms with Crippen molar-refractivity contribution in [2.24, 2.45) is 0 Å². The molecule has 0 amide bonds. The Morgan fingerprint density at radius 3 is 2.24 bits per heavy atom. The summed E-state index contributed by atoms with van der Waals surface area (Å²) in [6.07, 6.45) is 0. The van der Waals surface area contributed by atoms with Crippen molar-refractivity contribution in [1.82, 2.24) is 4.39 Å². The largest absolute Gasteiger partial charge is 0.249 e. The van der Waals surface area contributed by atoms with E-state index in [1.165, 1.54) is 11.3 Å². The van der Waals surface area contributed by atoms with Crippen molar-refractivity contribution in [1.29, 1.82) is 4.78 Å². The number of hydrogen-bond donors (Lipinski definition) is 2. The van der Waals surface area contributed by atoms with Gasteiger partial charge in [-0.25, -0.2) is 13.4 Å². The molecule has 0 bridgehead atoms. The molecule has 0 aliphatic heterocycles. The van der Waals surface area contributed by atoms with Gasteiger partial charge >= 0.3 is 0 Å². The van der Waals surface area contributed by atoms with E-state index in [9.17, 15) is 4.21 Å². The maximum absolute atomic E-state index is 12.5. The van der Waals surface area contributed by atoms with Crippen LogP contribution in [0.25, 0.3) is 0 Å². The van der Waals surface area contributed by atoms with Crippen LogP contribution in [0.2, 0.25) is 18.1 Å². The predicted molar refractivity (Wildman–Crippen MR) is 78.5 cm³/mol. The molecule has 1 heterocycles.